The standard InChI is InChI=1S/C17H19BFNO4/c1-3-23-17-15(22-2)8-7-12(16(17)19)14-6-4-5-13(20-14)11-9-18(21)24-10-11/h4-8,11,21H,3,9-10H2,1-2H3. The van der Waals surface area contributed by atoms with Crippen LogP contribution in [0.1, 0.15) is 18.5 Å². The van der Waals surface area contributed by atoms with Gasteiger partial charge in [0.15, 0.2) is 17.3 Å². The van der Waals surface area contributed by atoms with Gasteiger partial charge in [-0.05, 0) is 37.5 Å². The summed E-state index contributed by atoms with van der Waals surface area (Å²) in [6.45, 7) is 2.53. The van der Waals surface area contributed by atoms with Crippen LogP contribution in [0.15, 0.2) is 30.3 Å². The van der Waals surface area contributed by atoms with Gasteiger partial charge in [0.05, 0.1) is 19.4 Å². The predicted molar refractivity (Wildman–Crippen MR) is 88.8 cm³/mol. The van der Waals surface area contributed by atoms with E-state index in [-0.39, 0.29) is 11.7 Å². The zero-order chi connectivity index (χ0) is 17.1. The Hall–Kier alpha value is -2.12. The lowest BCUT2D eigenvalue weighted by Crippen LogP contribution is -2.08. The van der Waals surface area contributed by atoms with Gasteiger partial charge in [0.25, 0.3) is 0 Å². The number of aromatic nitrogens is 1. The quantitative estimate of drug-likeness (QED) is 0.854. The first kappa shape index (κ1) is 16.7. The number of ether oxygens (including phenoxy) is 2. The molecule has 0 saturated carbocycles. The van der Waals surface area contributed by atoms with Crippen LogP contribution in [0.4, 0.5) is 4.39 Å². The molecule has 2 aromatic rings. The van der Waals surface area contributed by atoms with E-state index in [1.54, 1.807) is 25.1 Å². The van der Waals surface area contributed by atoms with Crippen molar-refractivity contribution in [3.05, 3.63) is 41.8 Å². The van der Waals surface area contributed by atoms with Crippen LogP contribution >= 0.6 is 0 Å². The van der Waals surface area contributed by atoms with Gasteiger partial charge in [-0.3, -0.25) is 4.98 Å². The Morgan fingerprint density at radius 2 is 2.21 bits per heavy atom. The largest absolute Gasteiger partial charge is 0.493 e. The van der Waals surface area contributed by atoms with E-state index in [4.69, 9.17) is 14.1 Å². The second-order valence-corrected chi connectivity index (χ2v) is 5.56. The summed E-state index contributed by atoms with van der Waals surface area (Å²) >= 11 is 0. The summed E-state index contributed by atoms with van der Waals surface area (Å²) in [5.74, 6) is -0.0536. The summed E-state index contributed by atoms with van der Waals surface area (Å²) in [6, 6.07) is 8.73. The molecule has 0 bridgehead atoms. The van der Waals surface area contributed by atoms with E-state index in [9.17, 15) is 9.41 Å². The zero-order valence-corrected chi connectivity index (χ0v) is 13.7. The molecule has 0 spiro atoms. The fourth-order valence-corrected chi connectivity index (χ4v) is 2.82. The topological polar surface area (TPSA) is 60.8 Å². The fourth-order valence-electron chi connectivity index (χ4n) is 2.82. The molecule has 5 nitrogen and oxygen atoms in total. The highest BCUT2D eigenvalue weighted by Gasteiger charge is 2.30. The third-order valence-corrected chi connectivity index (χ3v) is 4.01. The normalized spacial score (nSPS) is 17.2. The average molecular weight is 331 g/mol. The van der Waals surface area contributed by atoms with Crippen LogP contribution in [0, 0.1) is 5.82 Å². The highest BCUT2D eigenvalue weighted by molar-refractivity contribution is 6.43. The lowest BCUT2D eigenvalue weighted by Gasteiger charge is -2.14. The number of pyridine rings is 1. The molecule has 2 heterocycles. The molecule has 1 aromatic carbocycles. The third-order valence-electron chi connectivity index (χ3n) is 4.01. The van der Waals surface area contributed by atoms with Crippen molar-refractivity contribution >= 4 is 7.12 Å². The average Bonchev–Trinajstić information content (AvgIpc) is 3.03. The maximum absolute atomic E-state index is 14.9. The number of benzene rings is 1. The van der Waals surface area contributed by atoms with Gasteiger partial charge in [-0.1, -0.05) is 6.07 Å². The van der Waals surface area contributed by atoms with Gasteiger partial charge in [-0.2, -0.15) is 0 Å². The maximum atomic E-state index is 14.9. The minimum Gasteiger partial charge on any atom is -0.493 e. The van der Waals surface area contributed by atoms with Crippen molar-refractivity contribution in [1.29, 1.82) is 0 Å². The Labute approximate surface area is 140 Å². The van der Waals surface area contributed by atoms with Gasteiger partial charge in [0, 0.05) is 23.8 Å². The molecule has 1 aromatic heterocycles. The van der Waals surface area contributed by atoms with Crippen LogP contribution in [0.25, 0.3) is 11.3 Å². The van der Waals surface area contributed by atoms with Crippen molar-refractivity contribution in [2.24, 2.45) is 0 Å². The second-order valence-electron chi connectivity index (χ2n) is 5.56. The molecule has 1 aliphatic heterocycles. The summed E-state index contributed by atoms with van der Waals surface area (Å²) in [7, 11) is 0.712. The summed E-state index contributed by atoms with van der Waals surface area (Å²) in [4.78, 5) is 4.55. The van der Waals surface area contributed by atoms with Crippen molar-refractivity contribution < 1.29 is 23.5 Å². The summed E-state index contributed by atoms with van der Waals surface area (Å²) in [6.07, 6.45) is 0.492. The molecule has 24 heavy (non-hydrogen) atoms. The molecule has 1 atom stereocenters. The Kier molecular flexibility index (Phi) is 5.01. The minimum atomic E-state index is -0.761. The van der Waals surface area contributed by atoms with Crippen molar-refractivity contribution in [1.82, 2.24) is 4.98 Å². The first-order chi connectivity index (χ1) is 11.6. The van der Waals surface area contributed by atoms with Crippen LogP contribution in [-0.2, 0) is 4.65 Å². The van der Waals surface area contributed by atoms with Crippen molar-refractivity contribution in [3.63, 3.8) is 0 Å². The molecule has 7 heteroatoms. The molecule has 0 aliphatic carbocycles. The van der Waals surface area contributed by atoms with E-state index < -0.39 is 12.9 Å². The van der Waals surface area contributed by atoms with E-state index >= 15 is 0 Å². The smallest absolute Gasteiger partial charge is 0.454 e. The molecular formula is C17H19BFNO4. The van der Waals surface area contributed by atoms with E-state index in [0.717, 1.165) is 5.69 Å². The van der Waals surface area contributed by atoms with E-state index in [2.05, 4.69) is 4.98 Å². The van der Waals surface area contributed by atoms with Crippen LogP contribution in [0.3, 0.4) is 0 Å². The summed E-state index contributed by atoms with van der Waals surface area (Å²) in [5, 5.41) is 9.50. The van der Waals surface area contributed by atoms with E-state index in [1.807, 2.05) is 12.1 Å². The lowest BCUT2D eigenvalue weighted by atomic mass is 9.81. The lowest BCUT2D eigenvalue weighted by molar-refractivity contribution is 0.291. The number of methoxy groups -OCH3 is 1. The van der Waals surface area contributed by atoms with Crippen LogP contribution in [0.2, 0.25) is 6.32 Å². The number of rotatable bonds is 5. The molecule has 1 fully saturated rings. The first-order valence-corrected chi connectivity index (χ1v) is 7.90. The third kappa shape index (κ3) is 3.23. The van der Waals surface area contributed by atoms with Gasteiger partial charge < -0.3 is 19.2 Å². The molecule has 1 aliphatic rings. The Morgan fingerprint density at radius 3 is 2.88 bits per heavy atom. The van der Waals surface area contributed by atoms with Gasteiger partial charge >= 0.3 is 7.12 Å². The van der Waals surface area contributed by atoms with Crippen molar-refractivity contribution in [2.45, 2.75) is 19.2 Å². The van der Waals surface area contributed by atoms with Crippen LogP contribution in [0.5, 0.6) is 11.5 Å². The molecule has 126 valence electrons. The SMILES string of the molecule is CCOc1c(OC)ccc(-c2cccc(C3COB(O)C3)n2)c1F. The van der Waals surface area contributed by atoms with Crippen molar-refractivity contribution in [2.75, 3.05) is 20.3 Å². The minimum absolute atomic E-state index is 0.00706. The predicted octanol–water partition coefficient (Wildman–Crippen LogP) is 2.89. The van der Waals surface area contributed by atoms with Crippen LogP contribution < -0.4 is 9.47 Å². The van der Waals surface area contributed by atoms with Crippen molar-refractivity contribution in [3.8, 4) is 22.8 Å². The molecule has 0 radical (unpaired) electrons. The Morgan fingerprint density at radius 1 is 1.38 bits per heavy atom. The number of nitrogens with zero attached hydrogens (tertiary/aromatic N) is 1. The molecule has 0 amide bonds. The maximum Gasteiger partial charge on any atom is 0.454 e. The van der Waals surface area contributed by atoms with Gasteiger partial charge in [-0.25, -0.2) is 4.39 Å². The number of hydrogen-bond acceptors (Lipinski definition) is 5. The highest BCUT2D eigenvalue weighted by atomic mass is 19.1. The highest BCUT2D eigenvalue weighted by Crippen LogP contribution is 2.37. The first-order valence-electron chi connectivity index (χ1n) is 7.90. The molecule has 1 saturated heterocycles. The van der Waals surface area contributed by atoms with E-state index in [0.29, 0.717) is 36.5 Å². The Bertz CT molecular complexity index is 728. The van der Waals surface area contributed by atoms with Gasteiger partial charge in [-0.15, -0.1) is 0 Å². The van der Waals surface area contributed by atoms with Gasteiger partial charge in [0.1, 0.15) is 0 Å². The monoisotopic (exact) mass is 331 g/mol. The number of halogens is 1. The molecule has 3 rings (SSSR count). The molecule has 1 unspecified atom stereocenters. The second kappa shape index (κ2) is 7.19. The number of hydrogen-bond donors (Lipinski definition) is 1. The summed E-state index contributed by atoms with van der Waals surface area (Å²) in [5.41, 5.74) is 1.63. The van der Waals surface area contributed by atoms with Gasteiger partial charge in [0.2, 0.25) is 0 Å². The molecule has 1 N–H and O–H groups in total. The zero-order valence-electron chi connectivity index (χ0n) is 13.7. The van der Waals surface area contributed by atoms with E-state index in [1.165, 1.54) is 7.11 Å². The fraction of sp³-hybridized carbons (Fsp3) is 0.353. The van der Waals surface area contributed by atoms with Crippen LogP contribution in [-0.4, -0.2) is 37.4 Å². The Balaban J connectivity index is 1.98. The summed E-state index contributed by atoms with van der Waals surface area (Å²) < 4.78 is 30.6. The molecular weight excluding hydrogens is 312 g/mol.